The van der Waals surface area contributed by atoms with Crippen LogP contribution in [0, 0.1) is 11.7 Å². The molecule has 1 aromatic carbocycles. The van der Waals surface area contributed by atoms with Gasteiger partial charge in [0.1, 0.15) is 10.8 Å². The number of rotatable bonds is 8. The minimum atomic E-state index is -0.364. The second kappa shape index (κ2) is 9.47. The summed E-state index contributed by atoms with van der Waals surface area (Å²) in [5.41, 5.74) is 0.517. The van der Waals surface area contributed by atoms with Crippen LogP contribution in [0.1, 0.15) is 18.9 Å². The Morgan fingerprint density at radius 1 is 1.12 bits per heavy atom. The summed E-state index contributed by atoms with van der Waals surface area (Å²) in [4.78, 5) is 23.6. The zero-order valence-electron chi connectivity index (χ0n) is 13.9. The van der Waals surface area contributed by atoms with Gasteiger partial charge in [-0.05, 0) is 30.2 Å². The maximum atomic E-state index is 12.8. The minimum absolute atomic E-state index is 0.125. The normalized spacial score (nSPS) is 10.7. The highest BCUT2D eigenvalue weighted by Gasteiger charge is 2.10. The zero-order valence-corrected chi connectivity index (χ0v) is 15.5. The molecule has 2 rings (SSSR count). The number of benzene rings is 1. The Bertz CT molecular complexity index is 719. The molecule has 0 saturated heterocycles. The van der Waals surface area contributed by atoms with E-state index in [4.69, 9.17) is 0 Å². The van der Waals surface area contributed by atoms with Crippen molar-refractivity contribution >= 4 is 45.7 Å². The van der Waals surface area contributed by atoms with Crippen molar-refractivity contribution in [2.45, 2.75) is 20.3 Å². The SMILES string of the molecule is CC(C)Cc1nnc(NC(=O)CSCC(=O)Nc2ccc(F)cc2)s1. The van der Waals surface area contributed by atoms with Crippen molar-refractivity contribution < 1.29 is 14.0 Å². The second-order valence-corrected chi connectivity index (χ2v) is 7.74. The third kappa shape index (κ3) is 7.18. The summed E-state index contributed by atoms with van der Waals surface area (Å²) in [6, 6.07) is 5.50. The van der Waals surface area contributed by atoms with E-state index in [1.54, 1.807) is 0 Å². The molecule has 0 atom stereocenters. The molecule has 0 unspecified atom stereocenters. The molecule has 2 N–H and O–H groups in total. The predicted octanol–water partition coefficient (Wildman–Crippen LogP) is 3.19. The van der Waals surface area contributed by atoms with Crippen molar-refractivity contribution in [3.05, 3.63) is 35.1 Å². The Morgan fingerprint density at radius 2 is 1.76 bits per heavy atom. The van der Waals surface area contributed by atoms with Crippen LogP contribution in [0.3, 0.4) is 0 Å². The number of amides is 2. The van der Waals surface area contributed by atoms with E-state index in [9.17, 15) is 14.0 Å². The van der Waals surface area contributed by atoms with Crippen molar-refractivity contribution in [1.29, 1.82) is 0 Å². The lowest BCUT2D eigenvalue weighted by atomic mass is 10.1. The summed E-state index contributed by atoms with van der Waals surface area (Å²) >= 11 is 2.55. The Hall–Kier alpha value is -2.00. The van der Waals surface area contributed by atoms with Gasteiger partial charge in [0.15, 0.2) is 0 Å². The number of halogens is 1. The highest BCUT2D eigenvalue weighted by molar-refractivity contribution is 8.00. The standard InChI is InChI=1S/C16H19FN4O2S2/c1-10(2)7-15-20-21-16(25-15)19-14(23)9-24-8-13(22)18-12-5-3-11(17)4-6-12/h3-6,10H,7-9H2,1-2H3,(H,18,22)(H,19,21,23). The molecule has 6 nitrogen and oxygen atoms in total. The molecule has 0 aliphatic carbocycles. The van der Waals surface area contributed by atoms with E-state index < -0.39 is 0 Å². The fourth-order valence-electron chi connectivity index (χ4n) is 1.86. The summed E-state index contributed by atoms with van der Waals surface area (Å²) in [6.45, 7) is 4.18. The number of anilines is 2. The summed E-state index contributed by atoms with van der Waals surface area (Å²) in [7, 11) is 0. The van der Waals surface area contributed by atoms with Gasteiger partial charge in [-0.15, -0.1) is 22.0 Å². The van der Waals surface area contributed by atoms with Gasteiger partial charge in [0, 0.05) is 12.1 Å². The van der Waals surface area contributed by atoms with Crippen molar-refractivity contribution in [1.82, 2.24) is 10.2 Å². The molecule has 0 bridgehead atoms. The largest absolute Gasteiger partial charge is 0.325 e. The van der Waals surface area contributed by atoms with Crippen LogP contribution < -0.4 is 10.6 Å². The van der Waals surface area contributed by atoms with E-state index in [1.807, 2.05) is 0 Å². The van der Waals surface area contributed by atoms with E-state index in [-0.39, 0.29) is 29.1 Å². The van der Waals surface area contributed by atoms with Gasteiger partial charge in [-0.25, -0.2) is 4.39 Å². The van der Waals surface area contributed by atoms with Gasteiger partial charge in [0.2, 0.25) is 16.9 Å². The van der Waals surface area contributed by atoms with Crippen LogP contribution in [0.4, 0.5) is 15.2 Å². The number of carbonyl (C=O) groups is 2. The van der Waals surface area contributed by atoms with Gasteiger partial charge < -0.3 is 5.32 Å². The average Bonchev–Trinajstić information content (AvgIpc) is 2.95. The Kier molecular flexibility index (Phi) is 7.32. The van der Waals surface area contributed by atoms with Crippen LogP contribution in [0.15, 0.2) is 24.3 Å². The molecule has 9 heteroatoms. The number of hydrogen-bond acceptors (Lipinski definition) is 6. The van der Waals surface area contributed by atoms with Crippen molar-refractivity contribution in [2.75, 3.05) is 22.1 Å². The van der Waals surface area contributed by atoms with Crippen LogP contribution in [-0.4, -0.2) is 33.5 Å². The highest BCUT2D eigenvalue weighted by Crippen LogP contribution is 2.18. The first-order chi connectivity index (χ1) is 11.9. The monoisotopic (exact) mass is 382 g/mol. The molecule has 2 amide bonds. The average molecular weight is 382 g/mol. The first-order valence-corrected chi connectivity index (χ1v) is 9.65. The van der Waals surface area contributed by atoms with Gasteiger partial charge in [-0.3, -0.25) is 14.9 Å². The zero-order chi connectivity index (χ0) is 18.2. The van der Waals surface area contributed by atoms with Crippen molar-refractivity contribution in [3.63, 3.8) is 0 Å². The molecule has 0 spiro atoms. The third-order valence-electron chi connectivity index (χ3n) is 2.89. The molecule has 2 aromatic rings. The van der Waals surface area contributed by atoms with E-state index >= 15 is 0 Å². The van der Waals surface area contributed by atoms with Gasteiger partial charge in [0.25, 0.3) is 0 Å². The van der Waals surface area contributed by atoms with E-state index in [0.717, 1.165) is 11.4 Å². The van der Waals surface area contributed by atoms with Crippen LogP contribution >= 0.6 is 23.1 Å². The Balaban J connectivity index is 1.68. The van der Waals surface area contributed by atoms with Gasteiger partial charge in [-0.2, -0.15) is 0 Å². The number of nitrogens with one attached hydrogen (secondary N) is 2. The fourth-order valence-corrected chi connectivity index (χ4v) is 3.44. The molecule has 0 saturated carbocycles. The quantitative estimate of drug-likeness (QED) is 0.733. The van der Waals surface area contributed by atoms with Crippen LogP contribution in [-0.2, 0) is 16.0 Å². The lowest BCUT2D eigenvalue weighted by molar-refractivity contribution is -0.114. The Morgan fingerprint density at radius 3 is 2.40 bits per heavy atom. The van der Waals surface area contributed by atoms with Gasteiger partial charge in [0.05, 0.1) is 11.5 Å². The number of thioether (sulfide) groups is 1. The lowest BCUT2D eigenvalue weighted by Gasteiger charge is -2.05. The van der Waals surface area contributed by atoms with Crippen LogP contribution in [0.2, 0.25) is 0 Å². The Labute approximate surface area is 153 Å². The molecule has 0 aliphatic heterocycles. The second-order valence-electron chi connectivity index (χ2n) is 5.69. The first-order valence-electron chi connectivity index (χ1n) is 7.68. The highest BCUT2D eigenvalue weighted by atomic mass is 32.2. The molecule has 25 heavy (non-hydrogen) atoms. The topological polar surface area (TPSA) is 84.0 Å². The minimum Gasteiger partial charge on any atom is -0.325 e. The summed E-state index contributed by atoms with van der Waals surface area (Å²) < 4.78 is 12.8. The molecule has 1 heterocycles. The molecule has 0 radical (unpaired) electrons. The summed E-state index contributed by atoms with van der Waals surface area (Å²) in [6.07, 6.45) is 0.825. The third-order valence-corrected chi connectivity index (χ3v) is 4.68. The van der Waals surface area contributed by atoms with Gasteiger partial charge in [-0.1, -0.05) is 25.2 Å². The van der Waals surface area contributed by atoms with Crippen LogP contribution in [0.5, 0.6) is 0 Å². The van der Waals surface area contributed by atoms with E-state index in [1.165, 1.54) is 47.4 Å². The maximum Gasteiger partial charge on any atom is 0.236 e. The van der Waals surface area contributed by atoms with Crippen molar-refractivity contribution in [2.24, 2.45) is 5.92 Å². The molecule has 134 valence electrons. The number of nitrogens with zero attached hydrogens (tertiary/aromatic N) is 2. The smallest absolute Gasteiger partial charge is 0.236 e. The number of aromatic nitrogens is 2. The molecule has 1 aromatic heterocycles. The van der Waals surface area contributed by atoms with E-state index in [2.05, 4.69) is 34.7 Å². The fraction of sp³-hybridized carbons (Fsp3) is 0.375. The maximum absolute atomic E-state index is 12.8. The molecule has 0 fully saturated rings. The van der Waals surface area contributed by atoms with Crippen LogP contribution in [0.25, 0.3) is 0 Å². The van der Waals surface area contributed by atoms with E-state index in [0.29, 0.717) is 16.7 Å². The van der Waals surface area contributed by atoms with Crippen molar-refractivity contribution in [3.8, 4) is 0 Å². The molecular formula is C16H19FN4O2S2. The number of carbonyl (C=O) groups excluding carboxylic acids is 2. The summed E-state index contributed by atoms with van der Waals surface area (Å²) in [5.74, 6) is -0.106. The van der Waals surface area contributed by atoms with Gasteiger partial charge >= 0.3 is 0 Å². The molecular weight excluding hydrogens is 363 g/mol. The first kappa shape index (κ1) is 19.3. The summed E-state index contributed by atoms with van der Waals surface area (Å²) in [5, 5.41) is 14.6. The lowest BCUT2D eigenvalue weighted by Crippen LogP contribution is -2.18. The number of hydrogen-bond donors (Lipinski definition) is 2. The predicted molar refractivity (Wildman–Crippen MR) is 99.4 cm³/mol. The molecule has 0 aliphatic rings.